The van der Waals surface area contributed by atoms with Crippen molar-refractivity contribution in [3.8, 4) is 17.5 Å². The largest absolute Gasteiger partial charge is 0.511 e. The molecule has 2 fully saturated rings. The minimum Gasteiger partial charge on any atom is -0.293 e. The molecule has 0 unspecified atom stereocenters. The van der Waals surface area contributed by atoms with Gasteiger partial charge in [-0.05, 0) is 12.8 Å². The van der Waals surface area contributed by atoms with Gasteiger partial charge in [-0.3, -0.25) is 14.8 Å². The molecule has 0 bridgehead atoms. The van der Waals surface area contributed by atoms with Crippen molar-refractivity contribution < 1.29 is 26.4 Å². The Balaban J connectivity index is 1.43. The maximum Gasteiger partial charge on any atom is 0.511 e. The van der Waals surface area contributed by atoms with Crippen LogP contribution in [-0.2, 0) is 20.4 Å². The predicted octanol–water partition coefficient (Wildman–Crippen LogP) is 1.11. The highest BCUT2D eigenvalue weighted by molar-refractivity contribution is 7.90. The molecular weight excluding hydrogens is 479 g/mol. The summed E-state index contributed by atoms with van der Waals surface area (Å²) in [5.41, 5.74) is -5.89. The van der Waals surface area contributed by atoms with Gasteiger partial charge in [0.2, 0.25) is 11.9 Å². The number of amides is 1. The number of nitrogens with one attached hydrogen (secondary N) is 1. The number of hydrogen-bond donors (Lipinski definition) is 1. The molecule has 2 aliphatic rings. The number of sulfonamides is 1. The number of carbonyl (C=O) groups is 1. The molecule has 34 heavy (non-hydrogen) atoms. The average Bonchev–Trinajstić information content (AvgIpc) is 3.33. The van der Waals surface area contributed by atoms with Crippen LogP contribution >= 0.6 is 0 Å². The number of nitriles is 1. The van der Waals surface area contributed by atoms with E-state index in [0.29, 0.717) is 11.2 Å². The number of aromatic nitrogens is 6. The van der Waals surface area contributed by atoms with Gasteiger partial charge in [-0.1, -0.05) is 0 Å². The Hall–Kier alpha value is -3.58. The highest BCUT2D eigenvalue weighted by Gasteiger charge is 2.59. The van der Waals surface area contributed by atoms with Crippen LogP contribution in [0, 0.1) is 17.2 Å². The van der Waals surface area contributed by atoms with Crippen molar-refractivity contribution in [2.75, 3.05) is 18.4 Å². The van der Waals surface area contributed by atoms with E-state index in [9.17, 15) is 31.6 Å². The molecule has 1 aliphatic carbocycles. The second-order valence-corrected chi connectivity index (χ2v) is 10.1. The van der Waals surface area contributed by atoms with E-state index in [-0.39, 0.29) is 34.3 Å². The number of fused-ring (bicyclic) bond motifs is 1. The first-order chi connectivity index (χ1) is 16.0. The van der Waals surface area contributed by atoms with Crippen molar-refractivity contribution in [1.29, 1.82) is 5.26 Å². The lowest BCUT2D eigenvalue weighted by molar-refractivity contribution is -0.117. The van der Waals surface area contributed by atoms with Crippen LogP contribution in [-0.4, -0.2) is 66.6 Å². The Labute approximate surface area is 190 Å². The topological polar surface area (TPSA) is 151 Å². The molecule has 1 N–H and O–H groups in total. The first-order valence-electron chi connectivity index (χ1n) is 10.1. The highest BCUT2D eigenvalue weighted by Crippen LogP contribution is 2.39. The molecule has 1 saturated heterocycles. The van der Waals surface area contributed by atoms with Crippen LogP contribution in [0.1, 0.15) is 19.3 Å². The zero-order valence-corrected chi connectivity index (χ0v) is 18.1. The molecule has 3 aromatic rings. The van der Waals surface area contributed by atoms with Crippen molar-refractivity contribution in [2.45, 2.75) is 30.3 Å². The van der Waals surface area contributed by atoms with E-state index in [1.165, 1.54) is 27.8 Å². The zero-order valence-electron chi connectivity index (χ0n) is 17.3. The SMILES string of the molecule is N#CCC1(n2cc(-c3nccc4nc(NC(=O)C5CC5)nn34)cn2)CN(S(=O)(=O)C(F)(F)F)C1. The summed E-state index contributed by atoms with van der Waals surface area (Å²) in [6.45, 7) is -1.11. The maximum absolute atomic E-state index is 12.9. The van der Waals surface area contributed by atoms with Gasteiger partial charge in [-0.2, -0.15) is 37.3 Å². The van der Waals surface area contributed by atoms with E-state index in [0.717, 1.165) is 12.8 Å². The number of carbonyl (C=O) groups excluding carboxylic acids is 1. The van der Waals surface area contributed by atoms with Crippen LogP contribution in [0.15, 0.2) is 24.7 Å². The molecule has 0 atom stereocenters. The van der Waals surface area contributed by atoms with Gasteiger partial charge < -0.3 is 0 Å². The molecule has 12 nitrogen and oxygen atoms in total. The van der Waals surface area contributed by atoms with E-state index >= 15 is 0 Å². The summed E-state index contributed by atoms with van der Waals surface area (Å²) in [6, 6.07) is 3.47. The predicted molar refractivity (Wildman–Crippen MR) is 108 cm³/mol. The van der Waals surface area contributed by atoms with E-state index < -0.39 is 34.2 Å². The normalized spacial score (nSPS) is 18.4. The van der Waals surface area contributed by atoms with Crippen LogP contribution in [0.3, 0.4) is 0 Å². The van der Waals surface area contributed by atoms with Crippen LogP contribution in [0.4, 0.5) is 19.1 Å². The zero-order chi connectivity index (χ0) is 24.3. The first kappa shape index (κ1) is 22.2. The summed E-state index contributed by atoms with van der Waals surface area (Å²) in [5.74, 6) is 0.183. The van der Waals surface area contributed by atoms with Gasteiger partial charge in [0.15, 0.2) is 11.5 Å². The van der Waals surface area contributed by atoms with E-state index in [1.807, 2.05) is 6.07 Å². The summed E-state index contributed by atoms with van der Waals surface area (Å²) in [5, 5.41) is 20.3. The lowest BCUT2D eigenvalue weighted by Gasteiger charge is -2.47. The second kappa shape index (κ2) is 7.46. The summed E-state index contributed by atoms with van der Waals surface area (Å²) in [4.78, 5) is 20.5. The Bertz CT molecular complexity index is 1430. The molecule has 16 heteroatoms. The quantitative estimate of drug-likeness (QED) is 0.534. The first-order valence-corrected chi connectivity index (χ1v) is 11.5. The molecule has 3 aromatic heterocycles. The van der Waals surface area contributed by atoms with Crippen molar-refractivity contribution in [2.24, 2.45) is 5.92 Å². The summed E-state index contributed by atoms with van der Waals surface area (Å²) in [7, 11) is -5.51. The fourth-order valence-corrected chi connectivity index (χ4v) is 4.85. The van der Waals surface area contributed by atoms with Crippen LogP contribution in [0.2, 0.25) is 0 Å². The summed E-state index contributed by atoms with van der Waals surface area (Å²) in [6.07, 6.45) is 5.69. The third kappa shape index (κ3) is 3.56. The molecule has 1 aliphatic heterocycles. The lowest BCUT2D eigenvalue weighted by Crippen LogP contribution is -2.65. The summed E-state index contributed by atoms with van der Waals surface area (Å²) < 4.78 is 64.9. The van der Waals surface area contributed by atoms with Crippen molar-refractivity contribution in [1.82, 2.24) is 33.7 Å². The minimum atomic E-state index is -5.51. The van der Waals surface area contributed by atoms with Crippen molar-refractivity contribution in [3.05, 3.63) is 24.7 Å². The fraction of sp³-hybridized carbons (Fsp3) is 0.444. The fourth-order valence-electron chi connectivity index (χ4n) is 3.73. The molecule has 0 spiro atoms. The van der Waals surface area contributed by atoms with Gasteiger partial charge in [0.25, 0.3) is 0 Å². The number of nitrogens with zero attached hydrogens (tertiary/aromatic N) is 8. The van der Waals surface area contributed by atoms with Crippen molar-refractivity contribution in [3.63, 3.8) is 0 Å². The number of anilines is 1. The third-order valence-corrected chi connectivity index (χ3v) is 7.27. The smallest absolute Gasteiger partial charge is 0.293 e. The third-order valence-electron chi connectivity index (χ3n) is 5.75. The molecule has 0 aromatic carbocycles. The molecule has 0 radical (unpaired) electrons. The molecule has 4 heterocycles. The van der Waals surface area contributed by atoms with Crippen LogP contribution in [0.5, 0.6) is 0 Å². The lowest BCUT2D eigenvalue weighted by atomic mass is 9.89. The Kier molecular flexibility index (Phi) is 4.88. The van der Waals surface area contributed by atoms with Gasteiger partial charge in [0, 0.05) is 37.5 Å². The second-order valence-electron chi connectivity index (χ2n) is 8.19. The number of halogens is 3. The monoisotopic (exact) mass is 495 g/mol. The van der Waals surface area contributed by atoms with Gasteiger partial charge in [0.1, 0.15) is 5.54 Å². The average molecular weight is 495 g/mol. The number of alkyl halides is 3. The molecule has 178 valence electrons. The minimum absolute atomic E-state index is 0.0398. The van der Waals surface area contributed by atoms with Gasteiger partial charge in [-0.15, -0.1) is 5.10 Å². The van der Waals surface area contributed by atoms with E-state index in [1.54, 1.807) is 6.07 Å². The van der Waals surface area contributed by atoms with Crippen LogP contribution in [0.25, 0.3) is 17.0 Å². The Morgan fingerprint density at radius 1 is 1.32 bits per heavy atom. The van der Waals surface area contributed by atoms with E-state index in [2.05, 4.69) is 25.5 Å². The summed E-state index contributed by atoms with van der Waals surface area (Å²) >= 11 is 0. The Morgan fingerprint density at radius 2 is 2.06 bits per heavy atom. The maximum atomic E-state index is 12.9. The Morgan fingerprint density at radius 3 is 2.71 bits per heavy atom. The highest BCUT2D eigenvalue weighted by atomic mass is 32.2. The van der Waals surface area contributed by atoms with Gasteiger partial charge in [0.05, 0.1) is 24.3 Å². The number of rotatable bonds is 6. The number of hydrogen-bond acceptors (Lipinski definition) is 8. The van der Waals surface area contributed by atoms with Crippen LogP contribution < -0.4 is 5.32 Å². The van der Waals surface area contributed by atoms with Gasteiger partial charge >= 0.3 is 15.5 Å². The molecule has 1 amide bonds. The molecular formula is C18H16F3N9O3S. The van der Waals surface area contributed by atoms with E-state index in [4.69, 9.17) is 0 Å². The van der Waals surface area contributed by atoms with Crippen molar-refractivity contribution >= 4 is 27.5 Å². The van der Waals surface area contributed by atoms with Gasteiger partial charge in [-0.25, -0.2) is 13.4 Å². The standard InChI is InChI=1S/C18H16F3N9O3S/c19-18(20,21)34(32,33)28-9-17(10-28,4-5-22)29-8-12(7-24-29)14-23-6-3-13-25-16(27-30(13)14)26-15(31)11-1-2-11/h3,6-8,11H,1-2,4,9-10H2,(H,26,27,31). The molecule has 5 rings (SSSR count). The molecule has 1 saturated carbocycles.